The fourth-order valence-corrected chi connectivity index (χ4v) is 1.10. The van der Waals surface area contributed by atoms with Crippen molar-refractivity contribution in [2.24, 2.45) is 0 Å². The molecule has 0 amide bonds. The molecular weight excluding hydrogens is 189 g/mol. The van der Waals surface area contributed by atoms with Crippen molar-refractivity contribution < 1.29 is 19.7 Å². The van der Waals surface area contributed by atoms with Gasteiger partial charge in [-0.1, -0.05) is 0 Å². The number of aliphatic hydroxyl groups is 3. The first-order valence-electron chi connectivity index (χ1n) is 4.22. The van der Waals surface area contributed by atoms with Crippen LogP contribution < -0.4 is 0 Å². The number of hydrogen-bond donors (Lipinski definition) is 3. The Labute approximate surface area is 80.7 Å². The van der Waals surface area contributed by atoms with Gasteiger partial charge in [-0.25, -0.2) is 4.39 Å². The van der Waals surface area contributed by atoms with Crippen molar-refractivity contribution in [2.45, 2.75) is 18.6 Å². The van der Waals surface area contributed by atoms with Crippen molar-refractivity contribution in [1.29, 1.82) is 0 Å². The Kier molecular flexibility index (Phi) is 3.94. The highest BCUT2D eigenvalue weighted by atomic mass is 19.1. The number of aliphatic hydroxyl groups excluding tert-OH is 3. The quantitative estimate of drug-likeness (QED) is 0.641. The maximum Gasteiger partial charge on any atom is 0.141 e. The summed E-state index contributed by atoms with van der Waals surface area (Å²) in [6.45, 7) is -0.235. The lowest BCUT2D eigenvalue weighted by atomic mass is 10.0. The van der Waals surface area contributed by atoms with E-state index >= 15 is 0 Å². The fraction of sp³-hybridized carbons (Fsp3) is 0.444. The number of aromatic nitrogens is 1. The van der Waals surface area contributed by atoms with Crippen LogP contribution in [-0.4, -0.2) is 33.0 Å². The molecule has 0 saturated heterocycles. The molecule has 0 bridgehead atoms. The molecule has 14 heavy (non-hydrogen) atoms. The van der Waals surface area contributed by atoms with E-state index in [1.54, 1.807) is 0 Å². The minimum Gasteiger partial charge on any atom is -0.396 e. The molecule has 1 aromatic heterocycles. The molecule has 2 atom stereocenters. The highest BCUT2D eigenvalue weighted by Crippen LogP contribution is 2.18. The Morgan fingerprint density at radius 2 is 2.07 bits per heavy atom. The van der Waals surface area contributed by atoms with Crippen molar-refractivity contribution in [3.63, 3.8) is 0 Å². The lowest BCUT2D eigenvalue weighted by Gasteiger charge is -2.16. The van der Waals surface area contributed by atoms with Crippen LogP contribution in [-0.2, 0) is 0 Å². The standard InChI is InChI=1S/C9H12FNO3/c10-7-3-6(4-11-5-7)9(14)8(13)1-2-12/h3-5,8-9,12-14H,1-2H2. The molecule has 0 aliphatic rings. The zero-order chi connectivity index (χ0) is 10.6. The Bertz CT molecular complexity index is 295. The van der Waals surface area contributed by atoms with Crippen LogP contribution in [0.1, 0.15) is 18.1 Å². The van der Waals surface area contributed by atoms with Gasteiger partial charge >= 0.3 is 0 Å². The summed E-state index contributed by atoms with van der Waals surface area (Å²) in [6, 6.07) is 1.10. The van der Waals surface area contributed by atoms with Crippen LogP contribution in [0.5, 0.6) is 0 Å². The van der Waals surface area contributed by atoms with E-state index in [9.17, 15) is 14.6 Å². The third-order valence-corrected chi connectivity index (χ3v) is 1.86. The zero-order valence-corrected chi connectivity index (χ0v) is 7.47. The SMILES string of the molecule is OCCC(O)C(O)c1cncc(F)c1. The third kappa shape index (κ3) is 2.73. The average Bonchev–Trinajstić information content (AvgIpc) is 2.17. The molecule has 0 saturated carbocycles. The van der Waals surface area contributed by atoms with Crippen molar-refractivity contribution in [1.82, 2.24) is 4.98 Å². The maximum atomic E-state index is 12.7. The van der Waals surface area contributed by atoms with Gasteiger partial charge in [0.05, 0.1) is 12.3 Å². The van der Waals surface area contributed by atoms with Gasteiger partial charge in [-0.15, -0.1) is 0 Å². The van der Waals surface area contributed by atoms with Crippen LogP contribution in [0.15, 0.2) is 18.5 Å². The number of halogens is 1. The van der Waals surface area contributed by atoms with E-state index in [1.807, 2.05) is 0 Å². The first-order valence-corrected chi connectivity index (χ1v) is 4.22. The molecule has 2 unspecified atom stereocenters. The van der Waals surface area contributed by atoms with E-state index in [0.717, 1.165) is 12.3 Å². The van der Waals surface area contributed by atoms with Crippen molar-refractivity contribution >= 4 is 0 Å². The van der Waals surface area contributed by atoms with Gasteiger partial charge in [0.1, 0.15) is 11.9 Å². The maximum absolute atomic E-state index is 12.7. The van der Waals surface area contributed by atoms with Crippen LogP contribution in [0.25, 0.3) is 0 Å². The molecule has 5 heteroatoms. The second-order valence-electron chi connectivity index (χ2n) is 2.96. The summed E-state index contributed by atoms with van der Waals surface area (Å²) >= 11 is 0. The third-order valence-electron chi connectivity index (χ3n) is 1.86. The van der Waals surface area contributed by atoms with Gasteiger partial charge in [0, 0.05) is 18.4 Å². The first kappa shape index (κ1) is 11.0. The molecular formula is C9H12FNO3. The topological polar surface area (TPSA) is 73.6 Å². The molecule has 0 radical (unpaired) electrons. The second kappa shape index (κ2) is 4.99. The highest BCUT2D eigenvalue weighted by molar-refractivity contribution is 5.14. The monoisotopic (exact) mass is 201 g/mol. The number of pyridine rings is 1. The van der Waals surface area contributed by atoms with Gasteiger partial charge in [0.15, 0.2) is 0 Å². The number of nitrogens with zero attached hydrogens (tertiary/aromatic N) is 1. The van der Waals surface area contributed by atoms with E-state index in [2.05, 4.69) is 4.98 Å². The number of hydrogen-bond acceptors (Lipinski definition) is 4. The summed E-state index contributed by atoms with van der Waals surface area (Å²) in [5.74, 6) is -0.572. The summed E-state index contributed by atoms with van der Waals surface area (Å²) in [4.78, 5) is 3.54. The predicted octanol–water partition coefficient (Wildman–Crippen LogP) is -0.00260. The lowest BCUT2D eigenvalue weighted by Crippen LogP contribution is -2.19. The Hall–Kier alpha value is -1.04. The first-order chi connectivity index (χ1) is 6.65. The summed E-state index contributed by atoms with van der Waals surface area (Å²) in [5, 5.41) is 27.3. The largest absolute Gasteiger partial charge is 0.396 e. The van der Waals surface area contributed by atoms with Crippen LogP contribution >= 0.6 is 0 Å². The molecule has 0 aromatic carbocycles. The molecule has 0 aliphatic heterocycles. The van der Waals surface area contributed by atoms with Crippen LogP contribution in [0.4, 0.5) is 4.39 Å². The van der Waals surface area contributed by atoms with Crippen LogP contribution in [0.3, 0.4) is 0 Å². The van der Waals surface area contributed by atoms with E-state index < -0.39 is 18.0 Å². The van der Waals surface area contributed by atoms with Crippen molar-refractivity contribution in [3.8, 4) is 0 Å². The fourth-order valence-electron chi connectivity index (χ4n) is 1.10. The van der Waals surface area contributed by atoms with Gasteiger partial charge in [0.2, 0.25) is 0 Å². The summed E-state index contributed by atoms with van der Waals surface area (Å²) < 4.78 is 12.7. The average molecular weight is 201 g/mol. The zero-order valence-electron chi connectivity index (χ0n) is 7.47. The highest BCUT2D eigenvalue weighted by Gasteiger charge is 2.18. The van der Waals surface area contributed by atoms with Crippen molar-refractivity contribution in [2.75, 3.05) is 6.61 Å². The molecule has 1 rings (SSSR count). The van der Waals surface area contributed by atoms with Gasteiger partial charge in [-0.05, 0) is 12.5 Å². The summed E-state index contributed by atoms with van der Waals surface area (Å²) in [5.41, 5.74) is 0.200. The molecule has 4 nitrogen and oxygen atoms in total. The normalized spacial score (nSPS) is 15.1. The van der Waals surface area contributed by atoms with E-state index in [-0.39, 0.29) is 18.6 Å². The second-order valence-corrected chi connectivity index (χ2v) is 2.96. The van der Waals surface area contributed by atoms with E-state index in [4.69, 9.17) is 5.11 Å². The number of rotatable bonds is 4. The van der Waals surface area contributed by atoms with Crippen molar-refractivity contribution in [3.05, 3.63) is 29.8 Å². The van der Waals surface area contributed by atoms with Crippen LogP contribution in [0.2, 0.25) is 0 Å². The molecule has 1 aromatic rings. The Morgan fingerprint density at radius 3 is 2.64 bits per heavy atom. The minimum absolute atomic E-state index is 0.0394. The molecule has 0 aliphatic carbocycles. The summed E-state index contributed by atoms with van der Waals surface area (Å²) in [7, 11) is 0. The van der Waals surface area contributed by atoms with Gasteiger partial charge in [-0.2, -0.15) is 0 Å². The molecule has 0 spiro atoms. The predicted molar refractivity (Wildman–Crippen MR) is 46.9 cm³/mol. The van der Waals surface area contributed by atoms with Gasteiger partial charge in [0.25, 0.3) is 0 Å². The Morgan fingerprint density at radius 1 is 1.36 bits per heavy atom. The molecule has 0 fully saturated rings. The molecule has 78 valence electrons. The van der Waals surface area contributed by atoms with E-state index in [0.29, 0.717) is 0 Å². The molecule has 3 N–H and O–H groups in total. The molecule has 1 heterocycles. The smallest absolute Gasteiger partial charge is 0.141 e. The van der Waals surface area contributed by atoms with Gasteiger partial charge < -0.3 is 15.3 Å². The Balaban J connectivity index is 2.73. The summed E-state index contributed by atoms with van der Waals surface area (Å²) in [6.07, 6.45) is -0.00494. The van der Waals surface area contributed by atoms with E-state index in [1.165, 1.54) is 6.20 Å². The van der Waals surface area contributed by atoms with Gasteiger partial charge in [-0.3, -0.25) is 4.98 Å². The van der Waals surface area contributed by atoms with Crippen LogP contribution in [0, 0.1) is 5.82 Å². The minimum atomic E-state index is -1.22. The lowest BCUT2D eigenvalue weighted by molar-refractivity contribution is 0.00389.